The maximum atomic E-state index is 11.8. The highest BCUT2D eigenvalue weighted by Gasteiger charge is 2.33. The van der Waals surface area contributed by atoms with Gasteiger partial charge in [0.2, 0.25) is 0 Å². The molecular weight excluding hydrogens is 320 g/mol. The molecule has 2 fully saturated rings. The minimum absolute atomic E-state index is 0.255. The average Bonchev–Trinajstić information content (AvgIpc) is 2.59. The number of benzene rings is 1. The van der Waals surface area contributed by atoms with Crippen LogP contribution < -0.4 is 10.6 Å². The molecule has 0 saturated heterocycles. The third-order valence-corrected chi connectivity index (χ3v) is 6.20. The van der Waals surface area contributed by atoms with E-state index in [1.807, 2.05) is 42.1 Å². The quantitative estimate of drug-likeness (QED) is 0.823. The van der Waals surface area contributed by atoms with Crippen LogP contribution in [-0.2, 0) is 11.3 Å². The van der Waals surface area contributed by atoms with Gasteiger partial charge in [-0.15, -0.1) is 0 Å². The largest absolute Gasteiger partial charge is 0.445 e. The van der Waals surface area contributed by atoms with Gasteiger partial charge in [0, 0.05) is 23.4 Å². The smallest absolute Gasteiger partial charge is 0.407 e. The number of carbonyl (C=O) groups is 1. The fourth-order valence-electron chi connectivity index (χ4n) is 3.65. The Morgan fingerprint density at radius 2 is 1.92 bits per heavy atom. The van der Waals surface area contributed by atoms with Gasteiger partial charge in [-0.1, -0.05) is 36.8 Å². The molecule has 1 aromatic rings. The highest BCUT2D eigenvalue weighted by atomic mass is 32.2. The first kappa shape index (κ1) is 17.6. The lowest BCUT2D eigenvalue weighted by Gasteiger charge is -2.40. The number of amides is 1. The zero-order chi connectivity index (χ0) is 16.8. The maximum absolute atomic E-state index is 11.8. The molecule has 2 aliphatic carbocycles. The van der Waals surface area contributed by atoms with Crippen molar-refractivity contribution in [2.24, 2.45) is 0 Å². The standard InChI is InChI=1S/C19H28N2O2S/c1-24-18-9-5-8-15(12-18)20-16-10-17(11-16)21-19(22)23-13-14-6-3-2-4-7-14/h2-4,6-7,15-18,20H,5,8-13H2,1H3,(H,21,22). The molecule has 1 aromatic carbocycles. The minimum atomic E-state index is -0.303. The van der Waals surface area contributed by atoms with Crippen LogP contribution in [0, 0.1) is 0 Å². The lowest BCUT2D eigenvalue weighted by molar-refractivity contribution is 0.123. The van der Waals surface area contributed by atoms with Crippen LogP contribution in [0.3, 0.4) is 0 Å². The number of nitrogens with one attached hydrogen (secondary N) is 2. The van der Waals surface area contributed by atoms with Crippen molar-refractivity contribution in [3.8, 4) is 0 Å². The molecule has 0 heterocycles. The van der Waals surface area contributed by atoms with Crippen molar-refractivity contribution in [3.63, 3.8) is 0 Å². The predicted octanol–water partition coefficient (Wildman–Crippen LogP) is 3.71. The molecule has 3 rings (SSSR count). The molecule has 0 aliphatic heterocycles. The molecule has 0 aromatic heterocycles. The second kappa shape index (κ2) is 8.77. The van der Waals surface area contributed by atoms with Gasteiger partial charge >= 0.3 is 6.09 Å². The van der Waals surface area contributed by atoms with Crippen LogP contribution in [0.2, 0.25) is 0 Å². The summed E-state index contributed by atoms with van der Waals surface area (Å²) in [6.45, 7) is 0.333. The van der Waals surface area contributed by atoms with Crippen molar-refractivity contribution in [3.05, 3.63) is 35.9 Å². The van der Waals surface area contributed by atoms with Crippen LogP contribution in [0.15, 0.2) is 30.3 Å². The van der Waals surface area contributed by atoms with Crippen molar-refractivity contribution in [2.75, 3.05) is 6.26 Å². The van der Waals surface area contributed by atoms with Gasteiger partial charge in [-0.3, -0.25) is 0 Å². The van der Waals surface area contributed by atoms with Gasteiger partial charge in [0.05, 0.1) is 0 Å². The van der Waals surface area contributed by atoms with E-state index in [0.29, 0.717) is 18.7 Å². The highest BCUT2D eigenvalue weighted by molar-refractivity contribution is 7.99. The second-order valence-electron chi connectivity index (χ2n) is 6.96. The molecule has 5 heteroatoms. The fourth-order valence-corrected chi connectivity index (χ4v) is 4.47. The summed E-state index contributed by atoms with van der Waals surface area (Å²) < 4.78 is 5.28. The maximum Gasteiger partial charge on any atom is 0.407 e. The summed E-state index contributed by atoms with van der Waals surface area (Å²) >= 11 is 2.00. The Labute approximate surface area is 149 Å². The number of rotatable bonds is 6. The van der Waals surface area contributed by atoms with Crippen LogP contribution in [-0.4, -0.2) is 35.7 Å². The van der Waals surface area contributed by atoms with Crippen molar-refractivity contribution in [1.82, 2.24) is 10.6 Å². The Morgan fingerprint density at radius 1 is 1.12 bits per heavy atom. The normalized spacial score (nSPS) is 29.5. The first-order valence-corrected chi connectivity index (χ1v) is 10.3. The van der Waals surface area contributed by atoms with Gasteiger partial charge in [-0.05, 0) is 43.9 Å². The number of ether oxygens (including phenoxy) is 1. The summed E-state index contributed by atoms with van der Waals surface area (Å²) in [4.78, 5) is 11.8. The SMILES string of the molecule is CSC1CCCC(NC2CC(NC(=O)OCc3ccccc3)C2)C1. The summed E-state index contributed by atoms with van der Waals surface area (Å²) in [7, 11) is 0. The Kier molecular flexibility index (Phi) is 6.44. The molecule has 2 atom stereocenters. The number of hydrogen-bond donors (Lipinski definition) is 2. The molecule has 0 bridgehead atoms. The van der Waals surface area contributed by atoms with Crippen molar-refractivity contribution in [2.45, 2.75) is 68.5 Å². The van der Waals surface area contributed by atoms with Crippen LogP contribution >= 0.6 is 11.8 Å². The van der Waals surface area contributed by atoms with Gasteiger partial charge in [-0.2, -0.15) is 11.8 Å². The second-order valence-corrected chi connectivity index (χ2v) is 8.10. The molecule has 0 spiro atoms. The third-order valence-electron chi connectivity index (χ3n) is 5.10. The molecule has 132 valence electrons. The average molecular weight is 349 g/mol. The van der Waals surface area contributed by atoms with Gasteiger partial charge in [0.15, 0.2) is 0 Å². The van der Waals surface area contributed by atoms with Gasteiger partial charge in [-0.25, -0.2) is 4.79 Å². The summed E-state index contributed by atoms with van der Waals surface area (Å²) in [6.07, 6.45) is 9.23. The zero-order valence-electron chi connectivity index (χ0n) is 14.4. The van der Waals surface area contributed by atoms with Crippen LogP contribution in [0.1, 0.15) is 44.1 Å². The first-order chi connectivity index (χ1) is 11.7. The summed E-state index contributed by atoms with van der Waals surface area (Å²) in [5.74, 6) is 0. The Morgan fingerprint density at radius 3 is 2.67 bits per heavy atom. The van der Waals surface area contributed by atoms with Gasteiger partial charge in [0.25, 0.3) is 0 Å². The van der Waals surface area contributed by atoms with E-state index < -0.39 is 0 Å². The minimum Gasteiger partial charge on any atom is -0.445 e. The molecule has 2 aliphatic rings. The Bertz CT molecular complexity index is 519. The molecule has 2 N–H and O–H groups in total. The highest BCUT2D eigenvalue weighted by Crippen LogP contribution is 2.29. The fraction of sp³-hybridized carbons (Fsp3) is 0.632. The van der Waals surface area contributed by atoms with E-state index >= 15 is 0 Å². The molecule has 0 radical (unpaired) electrons. The van der Waals surface area contributed by atoms with Crippen LogP contribution in [0.4, 0.5) is 4.79 Å². The molecule has 4 nitrogen and oxygen atoms in total. The number of hydrogen-bond acceptors (Lipinski definition) is 4. The lowest BCUT2D eigenvalue weighted by atomic mass is 9.84. The van der Waals surface area contributed by atoms with E-state index in [4.69, 9.17) is 4.74 Å². The molecule has 2 unspecified atom stereocenters. The van der Waals surface area contributed by atoms with E-state index in [9.17, 15) is 4.79 Å². The molecule has 24 heavy (non-hydrogen) atoms. The molecule has 2 saturated carbocycles. The van der Waals surface area contributed by atoms with Crippen molar-refractivity contribution >= 4 is 17.9 Å². The summed E-state index contributed by atoms with van der Waals surface area (Å²) in [5.41, 5.74) is 1.02. The van der Waals surface area contributed by atoms with E-state index in [1.54, 1.807) is 0 Å². The topological polar surface area (TPSA) is 50.4 Å². The number of carbonyl (C=O) groups excluding carboxylic acids is 1. The molecular formula is C19H28N2O2S. The zero-order valence-corrected chi connectivity index (χ0v) is 15.2. The third kappa shape index (κ3) is 5.15. The van der Waals surface area contributed by atoms with E-state index in [1.165, 1.54) is 25.7 Å². The number of alkyl carbamates (subject to hydrolysis) is 1. The first-order valence-electron chi connectivity index (χ1n) is 8.99. The Hall–Kier alpha value is -1.20. The summed E-state index contributed by atoms with van der Waals surface area (Å²) in [6, 6.07) is 11.2. The van der Waals surface area contributed by atoms with Crippen molar-refractivity contribution in [1.29, 1.82) is 0 Å². The van der Waals surface area contributed by atoms with Crippen LogP contribution in [0.25, 0.3) is 0 Å². The van der Waals surface area contributed by atoms with E-state index in [-0.39, 0.29) is 12.1 Å². The predicted molar refractivity (Wildman–Crippen MR) is 99.3 cm³/mol. The number of thioether (sulfide) groups is 1. The van der Waals surface area contributed by atoms with Gasteiger partial charge < -0.3 is 15.4 Å². The Balaban J connectivity index is 1.30. The van der Waals surface area contributed by atoms with E-state index in [0.717, 1.165) is 23.7 Å². The molecule has 1 amide bonds. The van der Waals surface area contributed by atoms with Gasteiger partial charge in [0.1, 0.15) is 6.61 Å². The summed E-state index contributed by atoms with van der Waals surface area (Å²) in [5, 5.41) is 7.56. The van der Waals surface area contributed by atoms with Crippen LogP contribution in [0.5, 0.6) is 0 Å². The monoisotopic (exact) mass is 348 g/mol. The lowest BCUT2D eigenvalue weighted by Crippen LogP contribution is -2.55. The van der Waals surface area contributed by atoms with E-state index in [2.05, 4.69) is 16.9 Å². The van der Waals surface area contributed by atoms with Crippen molar-refractivity contribution < 1.29 is 9.53 Å².